The third-order valence-electron chi connectivity index (χ3n) is 10.5. The normalized spacial score (nSPS) is 11.9. The standard InChI is InChI=1S/C48H30N2O/c1-2-10-31(11-3-1)32-18-23-36(24-19-32)50-44-17-9-6-14-40(44)47-45(50)28-27-39-41-30-34(22-29-46(41)51-48(39)47)33-20-25-35(26-21-33)49-42-15-7-4-12-37(42)38-13-5-8-16-43(38)49/h1-30H. The molecule has 238 valence electrons. The molecule has 8 aromatic carbocycles. The van der Waals surface area contributed by atoms with Gasteiger partial charge < -0.3 is 13.6 Å². The maximum Gasteiger partial charge on any atom is 0.145 e. The van der Waals surface area contributed by atoms with Crippen LogP contribution in [0.1, 0.15) is 0 Å². The van der Waals surface area contributed by atoms with Gasteiger partial charge in [0, 0.05) is 38.3 Å². The van der Waals surface area contributed by atoms with Crippen molar-refractivity contribution >= 4 is 65.6 Å². The van der Waals surface area contributed by atoms with E-state index in [9.17, 15) is 0 Å². The molecule has 0 saturated heterocycles. The van der Waals surface area contributed by atoms with Gasteiger partial charge in [0.15, 0.2) is 0 Å². The first kappa shape index (κ1) is 28.0. The van der Waals surface area contributed by atoms with E-state index in [1.807, 2.05) is 0 Å². The Morgan fingerprint density at radius 1 is 0.314 bits per heavy atom. The van der Waals surface area contributed by atoms with Gasteiger partial charge in [0.25, 0.3) is 0 Å². The molecule has 0 spiro atoms. The van der Waals surface area contributed by atoms with Crippen LogP contribution < -0.4 is 0 Å². The second-order valence-electron chi connectivity index (χ2n) is 13.3. The number of hydrogen-bond donors (Lipinski definition) is 0. The van der Waals surface area contributed by atoms with Crippen molar-refractivity contribution in [3.8, 4) is 33.6 Å². The van der Waals surface area contributed by atoms with Gasteiger partial charge in [-0.3, -0.25) is 0 Å². The van der Waals surface area contributed by atoms with Gasteiger partial charge >= 0.3 is 0 Å². The topological polar surface area (TPSA) is 23.0 Å². The first-order valence-electron chi connectivity index (χ1n) is 17.4. The van der Waals surface area contributed by atoms with Crippen LogP contribution in [-0.2, 0) is 0 Å². The number of nitrogens with zero attached hydrogens (tertiary/aromatic N) is 2. The first-order valence-corrected chi connectivity index (χ1v) is 17.4. The smallest absolute Gasteiger partial charge is 0.145 e. The molecule has 0 bridgehead atoms. The Hall–Kier alpha value is -6.84. The summed E-state index contributed by atoms with van der Waals surface area (Å²) in [6, 6.07) is 65.3. The van der Waals surface area contributed by atoms with Crippen LogP contribution in [-0.4, -0.2) is 9.13 Å². The van der Waals surface area contributed by atoms with Gasteiger partial charge in [0.2, 0.25) is 0 Å². The number of benzene rings is 8. The first-order chi connectivity index (χ1) is 25.3. The van der Waals surface area contributed by atoms with Crippen molar-refractivity contribution in [1.29, 1.82) is 0 Å². The Morgan fingerprint density at radius 3 is 1.45 bits per heavy atom. The highest BCUT2D eigenvalue weighted by Crippen LogP contribution is 2.42. The molecule has 0 fully saturated rings. The van der Waals surface area contributed by atoms with Crippen LogP contribution in [0.4, 0.5) is 0 Å². The SMILES string of the molecule is c1ccc(-c2ccc(-n3c4ccccc4c4c5oc6ccc(-c7ccc(-n8c9ccccc9c9ccccc98)cc7)cc6c5ccc43)cc2)cc1. The van der Waals surface area contributed by atoms with Crippen molar-refractivity contribution in [1.82, 2.24) is 9.13 Å². The van der Waals surface area contributed by atoms with Crippen LogP contribution in [0.15, 0.2) is 186 Å². The second kappa shape index (κ2) is 10.8. The lowest BCUT2D eigenvalue weighted by Crippen LogP contribution is -1.93. The zero-order valence-corrected chi connectivity index (χ0v) is 27.6. The third-order valence-corrected chi connectivity index (χ3v) is 10.5. The van der Waals surface area contributed by atoms with Gasteiger partial charge in [-0.05, 0) is 89.0 Å². The fraction of sp³-hybridized carbons (Fsp3) is 0. The maximum atomic E-state index is 6.72. The second-order valence-corrected chi connectivity index (χ2v) is 13.3. The Kier molecular flexibility index (Phi) is 5.96. The molecule has 3 nitrogen and oxygen atoms in total. The molecule has 0 amide bonds. The lowest BCUT2D eigenvalue weighted by atomic mass is 10.0. The Morgan fingerprint density at radius 2 is 0.804 bits per heavy atom. The average Bonchev–Trinajstić information content (AvgIpc) is 3.86. The summed E-state index contributed by atoms with van der Waals surface area (Å²) in [6.07, 6.45) is 0. The molecular formula is C48H30N2O. The monoisotopic (exact) mass is 650 g/mol. The highest BCUT2D eigenvalue weighted by atomic mass is 16.3. The van der Waals surface area contributed by atoms with Crippen molar-refractivity contribution in [2.75, 3.05) is 0 Å². The molecule has 3 heteroatoms. The number of para-hydroxylation sites is 3. The predicted octanol–water partition coefficient (Wildman–Crippen LogP) is 13.1. The molecule has 0 N–H and O–H groups in total. The number of hydrogen-bond acceptors (Lipinski definition) is 1. The van der Waals surface area contributed by atoms with Crippen molar-refractivity contribution in [2.24, 2.45) is 0 Å². The fourth-order valence-corrected chi connectivity index (χ4v) is 8.18. The van der Waals surface area contributed by atoms with Gasteiger partial charge in [-0.15, -0.1) is 0 Å². The van der Waals surface area contributed by atoms with Crippen molar-refractivity contribution in [2.45, 2.75) is 0 Å². The summed E-state index contributed by atoms with van der Waals surface area (Å²) in [6.45, 7) is 0. The fourth-order valence-electron chi connectivity index (χ4n) is 8.18. The molecule has 0 aliphatic rings. The van der Waals surface area contributed by atoms with Crippen LogP contribution in [0.25, 0.3) is 99.2 Å². The Labute approximate surface area is 293 Å². The van der Waals surface area contributed by atoms with Crippen LogP contribution in [0.3, 0.4) is 0 Å². The summed E-state index contributed by atoms with van der Waals surface area (Å²) >= 11 is 0. The van der Waals surface area contributed by atoms with Gasteiger partial charge in [-0.2, -0.15) is 0 Å². The van der Waals surface area contributed by atoms with E-state index in [1.54, 1.807) is 0 Å². The lowest BCUT2D eigenvalue weighted by Gasteiger charge is -2.09. The quantitative estimate of drug-likeness (QED) is 0.186. The maximum absolute atomic E-state index is 6.72. The van der Waals surface area contributed by atoms with Gasteiger partial charge in [-0.25, -0.2) is 0 Å². The minimum atomic E-state index is 0.896. The summed E-state index contributed by atoms with van der Waals surface area (Å²) in [5.41, 5.74) is 13.6. The molecule has 0 radical (unpaired) electrons. The molecule has 0 unspecified atom stereocenters. The summed E-state index contributed by atoms with van der Waals surface area (Å²) < 4.78 is 11.4. The molecular weight excluding hydrogens is 621 g/mol. The summed E-state index contributed by atoms with van der Waals surface area (Å²) in [5, 5.41) is 7.12. The van der Waals surface area contributed by atoms with Gasteiger partial charge in [-0.1, -0.05) is 115 Å². The van der Waals surface area contributed by atoms with Crippen LogP contribution >= 0.6 is 0 Å². The number of aromatic nitrogens is 2. The highest BCUT2D eigenvalue weighted by Gasteiger charge is 2.19. The molecule has 11 aromatic rings. The number of fused-ring (bicyclic) bond motifs is 10. The Balaban J connectivity index is 1.03. The molecule has 0 saturated carbocycles. The molecule has 51 heavy (non-hydrogen) atoms. The number of furan rings is 1. The van der Waals surface area contributed by atoms with E-state index in [0.717, 1.165) is 49.7 Å². The van der Waals surface area contributed by atoms with Gasteiger partial charge in [0.05, 0.1) is 27.5 Å². The highest BCUT2D eigenvalue weighted by molar-refractivity contribution is 6.24. The van der Waals surface area contributed by atoms with Crippen LogP contribution in [0.5, 0.6) is 0 Å². The Bertz CT molecular complexity index is 3050. The van der Waals surface area contributed by atoms with E-state index < -0.39 is 0 Å². The van der Waals surface area contributed by atoms with E-state index in [4.69, 9.17) is 4.42 Å². The van der Waals surface area contributed by atoms with Crippen molar-refractivity contribution < 1.29 is 4.42 Å². The molecule has 3 heterocycles. The van der Waals surface area contributed by atoms with E-state index in [1.165, 1.54) is 49.4 Å². The number of rotatable bonds is 4. The molecule has 3 aromatic heterocycles. The van der Waals surface area contributed by atoms with E-state index in [2.05, 4.69) is 191 Å². The largest absolute Gasteiger partial charge is 0.455 e. The summed E-state index contributed by atoms with van der Waals surface area (Å²) in [5.74, 6) is 0. The van der Waals surface area contributed by atoms with Crippen LogP contribution in [0.2, 0.25) is 0 Å². The zero-order valence-electron chi connectivity index (χ0n) is 27.6. The molecule has 0 atom stereocenters. The van der Waals surface area contributed by atoms with E-state index in [-0.39, 0.29) is 0 Å². The summed E-state index contributed by atoms with van der Waals surface area (Å²) in [7, 11) is 0. The molecule has 0 aliphatic heterocycles. The van der Waals surface area contributed by atoms with E-state index >= 15 is 0 Å². The predicted molar refractivity (Wildman–Crippen MR) is 213 cm³/mol. The lowest BCUT2D eigenvalue weighted by molar-refractivity contribution is 0.673. The minimum Gasteiger partial charge on any atom is -0.455 e. The molecule has 11 rings (SSSR count). The van der Waals surface area contributed by atoms with E-state index in [0.29, 0.717) is 0 Å². The van der Waals surface area contributed by atoms with Crippen LogP contribution in [0, 0.1) is 0 Å². The van der Waals surface area contributed by atoms with Crippen molar-refractivity contribution in [3.05, 3.63) is 182 Å². The third kappa shape index (κ3) is 4.19. The minimum absolute atomic E-state index is 0.896. The average molecular weight is 651 g/mol. The van der Waals surface area contributed by atoms with Crippen molar-refractivity contribution in [3.63, 3.8) is 0 Å². The summed E-state index contributed by atoms with van der Waals surface area (Å²) in [4.78, 5) is 0. The van der Waals surface area contributed by atoms with Gasteiger partial charge in [0.1, 0.15) is 11.2 Å². The molecule has 0 aliphatic carbocycles. The zero-order chi connectivity index (χ0) is 33.5.